The van der Waals surface area contributed by atoms with E-state index in [1.807, 2.05) is 0 Å². The second-order valence-corrected chi connectivity index (χ2v) is 5.52. The Hall–Kier alpha value is -1.29. The van der Waals surface area contributed by atoms with Crippen LogP contribution in [0, 0.1) is 5.92 Å². The number of nitrogens with one attached hydrogen (secondary N) is 1. The van der Waals surface area contributed by atoms with Crippen molar-refractivity contribution in [3.05, 3.63) is 24.0 Å². The lowest BCUT2D eigenvalue weighted by atomic mass is 9.85. The standard InChI is InChI=1S/C15H25N3O/c1-2-9-18-10-3-4-14(18)11-17-13-7-5-12(6-8-13)15(16)19/h3-4,10,12-13,17H,2,5-9,11H2,1H3,(H2,16,19). The molecule has 0 bridgehead atoms. The van der Waals surface area contributed by atoms with Gasteiger partial charge < -0.3 is 15.6 Å². The van der Waals surface area contributed by atoms with Crippen LogP contribution < -0.4 is 11.1 Å². The van der Waals surface area contributed by atoms with Gasteiger partial charge in [0, 0.05) is 36.9 Å². The third-order valence-corrected chi connectivity index (χ3v) is 4.09. The molecule has 1 aromatic rings. The molecule has 1 aromatic heterocycles. The average Bonchev–Trinajstić information content (AvgIpc) is 2.85. The molecule has 0 radical (unpaired) electrons. The van der Waals surface area contributed by atoms with E-state index in [4.69, 9.17) is 5.73 Å². The Kier molecular flexibility index (Phi) is 5.02. The van der Waals surface area contributed by atoms with E-state index >= 15 is 0 Å². The number of amides is 1. The maximum Gasteiger partial charge on any atom is 0.220 e. The van der Waals surface area contributed by atoms with Gasteiger partial charge in [-0.15, -0.1) is 0 Å². The first-order valence-corrected chi connectivity index (χ1v) is 7.37. The highest BCUT2D eigenvalue weighted by Gasteiger charge is 2.24. The molecule has 0 saturated heterocycles. The summed E-state index contributed by atoms with van der Waals surface area (Å²) in [6, 6.07) is 4.81. The van der Waals surface area contributed by atoms with E-state index < -0.39 is 0 Å². The summed E-state index contributed by atoms with van der Waals surface area (Å²) in [5.41, 5.74) is 6.70. The maximum absolute atomic E-state index is 11.1. The molecule has 0 aromatic carbocycles. The van der Waals surface area contributed by atoms with Gasteiger partial charge in [0.1, 0.15) is 0 Å². The van der Waals surface area contributed by atoms with Crippen LogP contribution in [0.4, 0.5) is 0 Å². The number of rotatable bonds is 6. The first-order chi connectivity index (χ1) is 9.20. The van der Waals surface area contributed by atoms with Gasteiger partial charge in [-0.3, -0.25) is 4.79 Å². The van der Waals surface area contributed by atoms with Gasteiger partial charge in [-0.2, -0.15) is 0 Å². The molecule has 0 atom stereocenters. The van der Waals surface area contributed by atoms with Crippen LogP contribution in [0.15, 0.2) is 18.3 Å². The number of nitrogens with two attached hydrogens (primary N) is 1. The van der Waals surface area contributed by atoms with Crippen LogP contribution in [0.1, 0.15) is 44.7 Å². The fourth-order valence-corrected chi connectivity index (χ4v) is 2.90. The molecule has 1 fully saturated rings. The van der Waals surface area contributed by atoms with Crippen molar-refractivity contribution in [1.29, 1.82) is 0 Å². The molecule has 0 spiro atoms. The Morgan fingerprint density at radius 2 is 2.16 bits per heavy atom. The summed E-state index contributed by atoms with van der Waals surface area (Å²) >= 11 is 0. The monoisotopic (exact) mass is 263 g/mol. The highest BCUT2D eigenvalue weighted by atomic mass is 16.1. The van der Waals surface area contributed by atoms with Crippen molar-refractivity contribution in [2.45, 2.75) is 58.2 Å². The molecule has 0 aliphatic heterocycles. The van der Waals surface area contributed by atoms with Gasteiger partial charge in [0.05, 0.1) is 0 Å². The summed E-state index contributed by atoms with van der Waals surface area (Å²) in [6.07, 6.45) is 7.28. The van der Waals surface area contributed by atoms with Crippen molar-refractivity contribution in [3.8, 4) is 0 Å². The second-order valence-electron chi connectivity index (χ2n) is 5.52. The van der Waals surface area contributed by atoms with Crippen molar-refractivity contribution in [2.24, 2.45) is 11.7 Å². The van der Waals surface area contributed by atoms with E-state index in [0.717, 1.165) is 45.2 Å². The van der Waals surface area contributed by atoms with E-state index in [9.17, 15) is 4.79 Å². The van der Waals surface area contributed by atoms with Crippen molar-refractivity contribution in [1.82, 2.24) is 9.88 Å². The largest absolute Gasteiger partial charge is 0.369 e. The Bertz CT molecular complexity index is 405. The minimum atomic E-state index is -0.129. The molecular weight excluding hydrogens is 238 g/mol. The molecule has 106 valence electrons. The van der Waals surface area contributed by atoms with Gasteiger partial charge in [0.25, 0.3) is 0 Å². The van der Waals surface area contributed by atoms with Crippen LogP contribution in [0.3, 0.4) is 0 Å². The Balaban J connectivity index is 1.77. The second kappa shape index (κ2) is 6.75. The molecule has 0 unspecified atom stereocenters. The first-order valence-electron chi connectivity index (χ1n) is 7.37. The van der Waals surface area contributed by atoms with Gasteiger partial charge in [0.15, 0.2) is 0 Å². The lowest BCUT2D eigenvalue weighted by Gasteiger charge is -2.27. The molecule has 1 aliphatic carbocycles. The molecule has 1 amide bonds. The van der Waals surface area contributed by atoms with Gasteiger partial charge in [-0.1, -0.05) is 6.92 Å². The van der Waals surface area contributed by atoms with Gasteiger partial charge in [-0.25, -0.2) is 0 Å². The van der Waals surface area contributed by atoms with Gasteiger partial charge in [0.2, 0.25) is 5.91 Å². The zero-order valence-corrected chi connectivity index (χ0v) is 11.8. The molecule has 3 N–H and O–H groups in total. The van der Waals surface area contributed by atoms with Crippen LogP contribution in [-0.2, 0) is 17.9 Å². The van der Waals surface area contributed by atoms with Crippen molar-refractivity contribution >= 4 is 5.91 Å². The number of hydrogen-bond acceptors (Lipinski definition) is 2. The SMILES string of the molecule is CCCn1cccc1CNC1CCC(C(N)=O)CC1. The number of nitrogens with zero attached hydrogens (tertiary/aromatic N) is 1. The highest BCUT2D eigenvalue weighted by molar-refractivity contribution is 5.76. The Morgan fingerprint density at radius 3 is 2.79 bits per heavy atom. The van der Waals surface area contributed by atoms with E-state index in [-0.39, 0.29) is 11.8 Å². The van der Waals surface area contributed by atoms with E-state index in [1.54, 1.807) is 0 Å². The van der Waals surface area contributed by atoms with Crippen molar-refractivity contribution in [2.75, 3.05) is 0 Å². The summed E-state index contributed by atoms with van der Waals surface area (Å²) in [5.74, 6) is -0.0303. The van der Waals surface area contributed by atoms with Crippen molar-refractivity contribution in [3.63, 3.8) is 0 Å². The summed E-state index contributed by atoms with van der Waals surface area (Å²) in [6.45, 7) is 4.19. The van der Waals surface area contributed by atoms with Crippen LogP contribution in [0.25, 0.3) is 0 Å². The van der Waals surface area contributed by atoms with Gasteiger partial charge in [-0.05, 0) is 44.2 Å². The lowest BCUT2D eigenvalue weighted by Crippen LogP contribution is -2.36. The molecule has 4 heteroatoms. The number of carbonyl (C=O) groups excluding carboxylic acids is 1. The van der Waals surface area contributed by atoms with E-state index in [0.29, 0.717) is 6.04 Å². The number of primary amides is 1. The molecular formula is C15H25N3O. The zero-order chi connectivity index (χ0) is 13.7. The predicted molar refractivity (Wildman–Crippen MR) is 76.5 cm³/mol. The molecule has 1 aliphatic rings. The summed E-state index contributed by atoms with van der Waals surface area (Å²) in [4.78, 5) is 11.1. The smallest absolute Gasteiger partial charge is 0.220 e. The lowest BCUT2D eigenvalue weighted by molar-refractivity contribution is -0.122. The van der Waals surface area contributed by atoms with Gasteiger partial charge >= 0.3 is 0 Å². The summed E-state index contributed by atoms with van der Waals surface area (Å²) in [5, 5.41) is 3.61. The topological polar surface area (TPSA) is 60.1 Å². The fourth-order valence-electron chi connectivity index (χ4n) is 2.90. The van der Waals surface area contributed by atoms with Crippen LogP contribution >= 0.6 is 0 Å². The summed E-state index contributed by atoms with van der Waals surface area (Å²) < 4.78 is 2.31. The number of aryl methyl sites for hydroxylation is 1. The molecule has 2 rings (SSSR count). The minimum absolute atomic E-state index is 0.0991. The molecule has 1 saturated carbocycles. The number of hydrogen-bond donors (Lipinski definition) is 2. The van der Waals surface area contributed by atoms with Crippen LogP contribution in [0.2, 0.25) is 0 Å². The fraction of sp³-hybridized carbons (Fsp3) is 0.667. The van der Waals surface area contributed by atoms with E-state index in [1.165, 1.54) is 5.69 Å². The molecule has 4 nitrogen and oxygen atoms in total. The highest BCUT2D eigenvalue weighted by Crippen LogP contribution is 2.24. The maximum atomic E-state index is 11.1. The minimum Gasteiger partial charge on any atom is -0.369 e. The molecule has 19 heavy (non-hydrogen) atoms. The molecule has 1 heterocycles. The third kappa shape index (κ3) is 3.83. The van der Waals surface area contributed by atoms with E-state index in [2.05, 4.69) is 35.1 Å². The summed E-state index contributed by atoms with van der Waals surface area (Å²) in [7, 11) is 0. The number of aromatic nitrogens is 1. The Morgan fingerprint density at radius 1 is 1.42 bits per heavy atom. The first kappa shape index (κ1) is 14.1. The zero-order valence-electron chi connectivity index (χ0n) is 11.8. The van der Waals surface area contributed by atoms with Crippen molar-refractivity contribution < 1.29 is 4.79 Å². The Labute approximate surface area is 115 Å². The quantitative estimate of drug-likeness (QED) is 0.825. The van der Waals surface area contributed by atoms with Crippen LogP contribution in [-0.4, -0.2) is 16.5 Å². The predicted octanol–water partition coefficient (Wildman–Crippen LogP) is 2.03. The number of carbonyl (C=O) groups is 1. The average molecular weight is 263 g/mol. The third-order valence-electron chi connectivity index (χ3n) is 4.09. The van der Waals surface area contributed by atoms with Crippen LogP contribution in [0.5, 0.6) is 0 Å². The normalized spacial score (nSPS) is 23.4.